The number of cyclic esters (lactones) is 1. The molecule has 2 aliphatic carbocycles. The first-order valence-corrected chi connectivity index (χ1v) is 5.11. The van der Waals surface area contributed by atoms with Crippen LogP contribution in [0.3, 0.4) is 0 Å². The Labute approximate surface area is 77.6 Å². The molecule has 3 nitrogen and oxygen atoms in total. The first-order valence-electron chi connectivity index (χ1n) is 5.11. The van der Waals surface area contributed by atoms with Gasteiger partial charge in [-0.05, 0) is 31.1 Å². The standard InChI is InChI=1S/C10H15NO2/c11-8-2-6-1-7(8)10(3-6)4-9(12)13-5-10/h6-8H,1-5,11H2/t6?,7?,8-,10-/m1/s1. The van der Waals surface area contributed by atoms with Crippen LogP contribution in [0.2, 0.25) is 0 Å². The topological polar surface area (TPSA) is 52.3 Å². The average Bonchev–Trinajstić information content (AvgIpc) is 2.66. The van der Waals surface area contributed by atoms with E-state index in [0.717, 1.165) is 5.92 Å². The summed E-state index contributed by atoms with van der Waals surface area (Å²) in [6, 6.07) is 0.327. The Morgan fingerprint density at radius 1 is 1.46 bits per heavy atom. The predicted molar refractivity (Wildman–Crippen MR) is 46.8 cm³/mol. The van der Waals surface area contributed by atoms with Crippen LogP contribution < -0.4 is 5.73 Å². The molecule has 1 saturated heterocycles. The van der Waals surface area contributed by atoms with Gasteiger partial charge in [-0.1, -0.05) is 0 Å². The van der Waals surface area contributed by atoms with E-state index in [0.29, 0.717) is 25.0 Å². The molecule has 3 heteroatoms. The normalized spacial score (nSPS) is 53.3. The van der Waals surface area contributed by atoms with Crippen molar-refractivity contribution >= 4 is 5.97 Å². The highest BCUT2D eigenvalue weighted by Crippen LogP contribution is 2.58. The lowest BCUT2D eigenvalue weighted by molar-refractivity contribution is -0.137. The van der Waals surface area contributed by atoms with Crippen molar-refractivity contribution in [2.45, 2.75) is 31.7 Å². The van der Waals surface area contributed by atoms with Crippen LogP contribution in [-0.4, -0.2) is 18.6 Å². The molecule has 1 aliphatic heterocycles. The average molecular weight is 181 g/mol. The van der Waals surface area contributed by atoms with Gasteiger partial charge in [-0.15, -0.1) is 0 Å². The quantitative estimate of drug-likeness (QED) is 0.559. The van der Waals surface area contributed by atoms with Gasteiger partial charge in [0.1, 0.15) is 0 Å². The molecular formula is C10H15NO2. The zero-order valence-electron chi connectivity index (χ0n) is 7.66. The van der Waals surface area contributed by atoms with E-state index in [1.54, 1.807) is 0 Å². The maximum absolute atomic E-state index is 11.1. The molecule has 0 radical (unpaired) electrons. The first kappa shape index (κ1) is 7.80. The van der Waals surface area contributed by atoms with Crippen LogP contribution in [0.15, 0.2) is 0 Å². The number of fused-ring (bicyclic) bond motifs is 3. The Kier molecular flexibility index (Phi) is 1.36. The van der Waals surface area contributed by atoms with Crippen LogP contribution in [0.4, 0.5) is 0 Å². The van der Waals surface area contributed by atoms with Crippen molar-refractivity contribution in [1.29, 1.82) is 0 Å². The summed E-state index contributed by atoms with van der Waals surface area (Å²) in [7, 11) is 0. The summed E-state index contributed by atoms with van der Waals surface area (Å²) < 4.78 is 5.10. The number of esters is 1. The third-order valence-corrected chi connectivity index (χ3v) is 4.21. The van der Waals surface area contributed by atoms with E-state index in [1.165, 1.54) is 19.3 Å². The smallest absolute Gasteiger partial charge is 0.306 e. The molecule has 0 aromatic heterocycles. The van der Waals surface area contributed by atoms with Crippen molar-refractivity contribution < 1.29 is 9.53 Å². The van der Waals surface area contributed by atoms with Crippen LogP contribution in [0.5, 0.6) is 0 Å². The number of ether oxygens (including phenoxy) is 1. The van der Waals surface area contributed by atoms with Crippen molar-refractivity contribution in [3.05, 3.63) is 0 Å². The second kappa shape index (κ2) is 2.27. The van der Waals surface area contributed by atoms with E-state index < -0.39 is 0 Å². The molecule has 3 fully saturated rings. The van der Waals surface area contributed by atoms with Crippen molar-refractivity contribution in [1.82, 2.24) is 0 Å². The molecule has 1 spiro atoms. The highest BCUT2D eigenvalue weighted by molar-refractivity contribution is 5.72. The molecule has 2 saturated carbocycles. The van der Waals surface area contributed by atoms with Gasteiger partial charge in [0.25, 0.3) is 0 Å². The van der Waals surface area contributed by atoms with Gasteiger partial charge in [-0.2, -0.15) is 0 Å². The van der Waals surface area contributed by atoms with Gasteiger partial charge in [0, 0.05) is 11.5 Å². The number of carbonyl (C=O) groups is 1. The highest BCUT2D eigenvalue weighted by atomic mass is 16.5. The highest BCUT2D eigenvalue weighted by Gasteiger charge is 2.58. The fraction of sp³-hybridized carbons (Fsp3) is 0.900. The molecule has 4 atom stereocenters. The molecule has 0 aromatic rings. The van der Waals surface area contributed by atoms with E-state index in [2.05, 4.69) is 0 Å². The monoisotopic (exact) mass is 181 g/mol. The van der Waals surface area contributed by atoms with Gasteiger partial charge in [0.15, 0.2) is 0 Å². The van der Waals surface area contributed by atoms with Crippen LogP contribution in [0.25, 0.3) is 0 Å². The van der Waals surface area contributed by atoms with Crippen LogP contribution in [0.1, 0.15) is 25.7 Å². The minimum Gasteiger partial charge on any atom is -0.465 e. The van der Waals surface area contributed by atoms with Crippen molar-refractivity contribution in [3.63, 3.8) is 0 Å². The molecule has 0 amide bonds. The maximum Gasteiger partial charge on any atom is 0.306 e. The minimum atomic E-state index is -0.0141. The molecule has 2 N–H and O–H groups in total. The number of rotatable bonds is 0. The Balaban J connectivity index is 1.90. The minimum absolute atomic E-state index is 0.0141. The Hall–Kier alpha value is -0.570. The lowest BCUT2D eigenvalue weighted by Gasteiger charge is -2.34. The molecule has 3 aliphatic rings. The van der Waals surface area contributed by atoms with E-state index in [-0.39, 0.29) is 11.4 Å². The summed E-state index contributed by atoms with van der Waals surface area (Å²) in [5.74, 6) is 1.32. The van der Waals surface area contributed by atoms with Crippen molar-refractivity contribution in [3.8, 4) is 0 Å². The number of hydrogen-bond donors (Lipinski definition) is 1. The molecule has 2 unspecified atom stereocenters. The SMILES string of the molecule is N[C@@H]1CC2CC1[C@]1(COC(=O)C1)C2. The predicted octanol–water partition coefficient (Wildman–Crippen LogP) is 0.677. The zero-order valence-corrected chi connectivity index (χ0v) is 7.66. The fourth-order valence-corrected chi connectivity index (χ4v) is 3.76. The third-order valence-electron chi connectivity index (χ3n) is 4.21. The number of nitrogens with two attached hydrogens (primary N) is 1. The molecule has 2 bridgehead atoms. The fourth-order valence-electron chi connectivity index (χ4n) is 3.76. The second-order valence-corrected chi connectivity index (χ2v) is 5.01. The second-order valence-electron chi connectivity index (χ2n) is 5.01. The third kappa shape index (κ3) is 0.909. The molecular weight excluding hydrogens is 166 g/mol. The molecule has 3 rings (SSSR count). The Bertz CT molecular complexity index is 266. The molecule has 72 valence electrons. The van der Waals surface area contributed by atoms with Gasteiger partial charge in [-0.25, -0.2) is 0 Å². The van der Waals surface area contributed by atoms with Gasteiger partial charge in [-0.3, -0.25) is 4.79 Å². The summed E-state index contributed by atoms with van der Waals surface area (Å²) in [6.45, 7) is 0.640. The Morgan fingerprint density at radius 3 is 2.85 bits per heavy atom. The largest absolute Gasteiger partial charge is 0.465 e. The summed E-state index contributed by atoms with van der Waals surface area (Å²) in [4.78, 5) is 11.1. The summed E-state index contributed by atoms with van der Waals surface area (Å²) in [5, 5.41) is 0. The lowest BCUT2D eigenvalue weighted by Crippen LogP contribution is -2.40. The van der Waals surface area contributed by atoms with Crippen molar-refractivity contribution in [2.75, 3.05) is 6.61 Å². The maximum atomic E-state index is 11.1. The van der Waals surface area contributed by atoms with E-state index in [9.17, 15) is 4.79 Å². The Morgan fingerprint density at radius 2 is 2.31 bits per heavy atom. The van der Waals surface area contributed by atoms with E-state index in [1.807, 2.05) is 0 Å². The first-order chi connectivity index (χ1) is 6.20. The van der Waals surface area contributed by atoms with E-state index >= 15 is 0 Å². The van der Waals surface area contributed by atoms with Crippen LogP contribution in [0, 0.1) is 17.3 Å². The van der Waals surface area contributed by atoms with Crippen LogP contribution in [-0.2, 0) is 9.53 Å². The summed E-state index contributed by atoms with van der Waals surface area (Å²) >= 11 is 0. The number of carbonyl (C=O) groups excluding carboxylic acids is 1. The summed E-state index contributed by atoms with van der Waals surface area (Å²) in [5.41, 5.74) is 6.21. The molecule has 0 aromatic carbocycles. The molecule has 1 heterocycles. The molecule has 13 heavy (non-hydrogen) atoms. The zero-order chi connectivity index (χ0) is 9.05. The van der Waals surface area contributed by atoms with Gasteiger partial charge < -0.3 is 10.5 Å². The van der Waals surface area contributed by atoms with Crippen molar-refractivity contribution in [2.24, 2.45) is 23.0 Å². The van der Waals surface area contributed by atoms with E-state index in [4.69, 9.17) is 10.5 Å². The van der Waals surface area contributed by atoms with Gasteiger partial charge in [0.05, 0.1) is 13.0 Å². The van der Waals surface area contributed by atoms with Gasteiger partial charge in [0.2, 0.25) is 0 Å². The lowest BCUT2D eigenvalue weighted by atomic mass is 9.71. The van der Waals surface area contributed by atoms with Gasteiger partial charge >= 0.3 is 5.97 Å². The number of hydrogen-bond acceptors (Lipinski definition) is 3. The van der Waals surface area contributed by atoms with Crippen LogP contribution >= 0.6 is 0 Å². The summed E-state index contributed by atoms with van der Waals surface area (Å²) in [6.07, 6.45) is 4.21.